The molecule has 19 heavy (non-hydrogen) atoms. The van der Waals surface area contributed by atoms with Crippen LogP contribution in [0.15, 0.2) is 33.9 Å². The maximum Gasteiger partial charge on any atom is 0.257 e. The zero-order valence-electron chi connectivity index (χ0n) is 10.4. The van der Waals surface area contributed by atoms with E-state index in [4.69, 9.17) is 14.0 Å². The summed E-state index contributed by atoms with van der Waals surface area (Å²) in [5.74, 6) is -0.0665. The fourth-order valence-corrected chi connectivity index (χ4v) is 1.95. The lowest BCUT2D eigenvalue weighted by Crippen LogP contribution is -2.26. The number of aromatic nitrogens is 1. The number of hydroxylamine groups is 1. The first kappa shape index (κ1) is 13.9. The summed E-state index contributed by atoms with van der Waals surface area (Å²) in [5.41, 5.74) is 3.80. The standard InChI is InChI=1S/C12H14N2O4S/c1-16-6-7-17-14-11(15)8-19-12-13-9-4-2-3-5-10(9)18-12/h2-5H,6-8H2,1H3,(H,14,15). The third kappa shape index (κ3) is 4.23. The van der Waals surface area contributed by atoms with Crippen LogP contribution in [0.2, 0.25) is 0 Å². The van der Waals surface area contributed by atoms with Gasteiger partial charge in [-0.1, -0.05) is 23.9 Å². The molecule has 0 fully saturated rings. The Labute approximate surface area is 114 Å². The SMILES string of the molecule is COCCONC(=O)CSc1nc2ccccc2o1. The van der Waals surface area contributed by atoms with Crippen LogP contribution in [0, 0.1) is 0 Å². The van der Waals surface area contributed by atoms with Crippen LogP contribution >= 0.6 is 11.8 Å². The molecule has 1 amide bonds. The minimum atomic E-state index is -0.247. The number of thioether (sulfide) groups is 1. The average Bonchev–Trinajstić information content (AvgIpc) is 2.84. The monoisotopic (exact) mass is 282 g/mol. The number of amides is 1. The average molecular weight is 282 g/mol. The number of para-hydroxylation sites is 2. The Morgan fingerprint density at radius 3 is 3.05 bits per heavy atom. The molecular weight excluding hydrogens is 268 g/mol. The largest absolute Gasteiger partial charge is 0.431 e. The maximum absolute atomic E-state index is 11.4. The van der Waals surface area contributed by atoms with Gasteiger partial charge >= 0.3 is 0 Å². The van der Waals surface area contributed by atoms with Gasteiger partial charge in [0.2, 0.25) is 0 Å². The van der Waals surface area contributed by atoms with E-state index in [1.807, 2.05) is 24.3 Å². The van der Waals surface area contributed by atoms with Crippen molar-refractivity contribution >= 4 is 28.8 Å². The number of fused-ring (bicyclic) bond motifs is 1. The minimum absolute atomic E-state index is 0.180. The Morgan fingerprint density at radius 1 is 1.42 bits per heavy atom. The second kappa shape index (κ2) is 7.13. The molecule has 0 saturated carbocycles. The normalized spacial score (nSPS) is 10.8. The Kier molecular flexibility index (Phi) is 5.20. The first-order valence-electron chi connectivity index (χ1n) is 5.67. The van der Waals surface area contributed by atoms with Crippen molar-refractivity contribution in [1.29, 1.82) is 0 Å². The Bertz CT molecular complexity index is 510. The van der Waals surface area contributed by atoms with Gasteiger partial charge in [0, 0.05) is 7.11 Å². The van der Waals surface area contributed by atoms with Gasteiger partial charge in [0.25, 0.3) is 11.1 Å². The van der Waals surface area contributed by atoms with E-state index in [0.717, 1.165) is 5.52 Å². The molecule has 0 unspecified atom stereocenters. The summed E-state index contributed by atoms with van der Waals surface area (Å²) in [6.07, 6.45) is 0. The number of hydrogen-bond acceptors (Lipinski definition) is 6. The van der Waals surface area contributed by atoms with Gasteiger partial charge < -0.3 is 9.15 Å². The zero-order chi connectivity index (χ0) is 13.5. The highest BCUT2D eigenvalue weighted by Crippen LogP contribution is 2.22. The fourth-order valence-electron chi connectivity index (χ4n) is 1.33. The number of benzene rings is 1. The van der Waals surface area contributed by atoms with E-state index >= 15 is 0 Å². The zero-order valence-corrected chi connectivity index (χ0v) is 11.2. The van der Waals surface area contributed by atoms with E-state index in [2.05, 4.69) is 10.5 Å². The quantitative estimate of drug-likeness (QED) is 0.472. The molecule has 7 heteroatoms. The molecule has 2 aromatic rings. The van der Waals surface area contributed by atoms with Crippen molar-refractivity contribution in [3.63, 3.8) is 0 Å². The lowest BCUT2D eigenvalue weighted by atomic mass is 10.3. The predicted molar refractivity (Wildman–Crippen MR) is 70.7 cm³/mol. The molecule has 6 nitrogen and oxygen atoms in total. The number of methoxy groups -OCH3 is 1. The fraction of sp³-hybridized carbons (Fsp3) is 0.333. The molecule has 1 heterocycles. The molecular formula is C12H14N2O4S. The van der Waals surface area contributed by atoms with Crippen LogP contribution in [0.25, 0.3) is 11.1 Å². The second-order valence-corrected chi connectivity index (χ2v) is 4.53. The highest BCUT2D eigenvalue weighted by Gasteiger charge is 2.08. The van der Waals surface area contributed by atoms with Gasteiger partial charge in [0.1, 0.15) is 5.52 Å². The van der Waals surface area contributed by atoms with Gasteiger partial charge in [-0.15, -0.1) is 0 Å². The van der Waals surface area contributed by atoms with Crippen molar-refractivity contribution in [1.82, 2.24) is 10.5 Å². The number of carbonyl (C=O) groups excluding carboxylic acids is 1. The predicted octanol–water partition coefficient (Wildman–Crippen LogP) is 1.61. The number of nitrogens with zero attached hydrogens (tertiary/aromatic N) is 1. The maximum atomic E-state index is 11.4. The summed E-state index contributed by atoms with van der Waals surface area (Å²) in [4.78, 5) is 20.6. The third-order valence-electron chi connectivity index (χ3n) is 2.18. The summed E-state index contributed by atoms with van der Waals surface area (Å²) >= 11 is 1.22. The summed E-state index contributed by atoms with van der Waals surface area (Å²) < 4.78 is 10.3. The molecule has 0 aliphatic rings. The number of oxazole rings is 1. The molecule has 2 rings (SSSR count). The lowest BCUT2D eigenvalue weighted by molar-refractivity contribution is -0.131. The van der Waals surface area contributed by atoms with Gasteiger partial charge in [0.05, 0.1) is 19.0 Å². The van der Waals surface area contributed by atoms with Crippen molar-refractivity contribution in [2.75, 3.05) is 26.1 Å². The highest BCUT2D eigenvalue weighted by molar-refractivity contribution is 7.99. The smallest absolute Gasteiger partial charge is 0.257 e. The van der Waals surface area contributed by atoms with Gasteiger partial charge in [-0.2, -0.15) is 0 Å². The van der Waals surface area contributed by atoms with Crippen LogP contribution in [0.1, 0.15) is 0 Å². The molecule has 1 N–H and O–H groups in total. The van der Waals surface area contributed by atoms with E-state index in [1.165, 1.54) is 11.8 Å². The van der Waals surface area contributed by atoms with Gasteiger partial charge in [-0.25, -0.2) is 10.5 Å². The number of nitrogens with one attached hydrogen (secondary N) is 1. The Hall–Kier alpha value is -1.57. The minimum Gasteiger partial charge on any atom is -0.431 e. The van der Waals surface area contributed by atoms with E-state index in [9.17, 15) is 4.79 Å². The summed E-state index contributed by atoms with van der Waals surface area (Å²) in [5, 5.41) is 0.466. The Morgan fingerprint density at radius 2 is 2.26 bits per heavy atom. The number of ether oxygens (including phenoxy) is 1. The molecule has 0 atom stereocenters. The molecule has 0 aliphatic carbocycles. The number of carbonyl (C=O) groups is 1. The molecule has 0 spiro atoms. The van der Waals surface area contributed by atoms with Gasteiger partial charge in [0.15, 0.2) is 5.58 Å². The molecule has 102 valence electrons. The van der Waals surface area contributed by atoms with E-state index in [0.29, 0.717) is 24.0 Å². The number of rotatable bonds is 7. The van der Waals surface area contributed by atoms with Crippen LogP contribution in [-0.4, -0.2) is 37.0 Å². The van der Waals surface area contributed by atoms with Crippen LogP contribution in [0.4, 0.5) is 0 Å². The highest BCUT2D eigenvalue weighted by atomic mass is 32.2. The first-order valence-corrected chi connectivity index (χ1v) is 6.66. The van der Waals surface area contributed by atoms with Gasteiger partial charge in [-0.3, -0.25) is 9.63 Å². The first-order chi connectivity index (χ1) is 9.29. The van der Waals surface area contributed by atoms with Crippen LogP contribution in [0.3, 0.4) is 0 Å². The lowest BCUT2D eigenvalue weighted by Gasteiger charge is -2.03. The van der Waals surface area contributed by atoms with Crippen LogP contribution in [0.5, 0.6) is 0 Å². The summed E-state index contributed by atoms with van der Waals surface area (Å²) in [6.45, 7) is 0.744. The van der Waals surface area contributed by atoms with E-state index in [1.54, 1.807) is 7.11 Å². The van der Waals surface area contributed by atoms with E-state index in [-0.39, 0.29) is 11.7 Å². The van der Waals surface area contributed by atoms with Crippen molar-refractivity contribution in [2.24, 2.45) is 0 Å². The topological polar surface area (TPSA) is 73.6 Å². The number of hydrogen-bond donors (Lipinski definition) is 1. The van der Waals surface area contributed by atoms with Crippen LogP contribution < -0.4 is 5.48 Å². The molecule has 1 aromatic carbocycles. The molecule has 0 bridgehead atoms. The molecule has 1 aromatic heterocycles. The molecule has 0 saturated heterocycles. The van der Waals surface area contributed by atoms with Crippen LogP contribution in [-0.2, 0) is 14.4 Å². The summed E-state index contributed by atoms with van der Waals surface area (Å²) in [7, 11) is 1.56. The van der Waals surface area contributed by atoms with Crippen molar-refractivity contribution in [3.8, 4) is 0 Å². The van der Waals surface area contributed by atoms with Crippen molar-refractivity contribution < 1.29 is 18.8 Å². The molecule has 0 radical (unpaired) electrons. The third-order valence-corrected chi connectivity index (χ3v) is 3.00. The van der Waals surface area contributed by atoms with Crippen molar-refractivity contribution in [2.45, 2.75) is 5.22 Å². The summed E-state index contributed by atoms with van der Waals surface area (Å²) in [6, 6.07) is 7.45. The van der Waals surface area contributed by atoms with E-state index < -0.39 is 0 Å². The second-order valence-electron chi connectivity index (χ2n) is 3.60. The van der Waals surface area contributed by atoms with Gasteiger partial charge in [-0.05, 0) is 12.1 Å². The molecule has 0 aliphatic heterocycles. The van der Waals surface area contributed by atoms with Crippen molar-refractivity contribution in [3.05, 3.63) is 24.3 Å². The Balaban J connectivity index is 1.77.